The first-order valence-electron chi connectivity index (χ1n) is 8.62. The highest BCUT2D eigenvalue weighted by Crippen LogP contribution is 2.28. The number of anilines is 1. The molecule has 2 N–H and O–H groups in total. The molecule has 1 aliphatic rings. The van der Waals surface area contributed by atoms with Gasteiger partial charge in [0.05, 0.1) is 12.6 Å². The molecular formula is C20H24N2O3. The van der Waals surface area contributed by atoms with Gasteiger partial charge in [-0.15, -0.1) is 0 Å². The molecule has 3 rings (SSSR count). The molecule has 2 aromatic rings. The highest BCUT2D eigenvalue weighted by Gasteiger charge is 2.21. The van der Waals surface area contributed by atoms with Crippen molar-refractivity contribution in [3.63, 3.8) is 0 Å². The lowest BCUT2D eigenvalue weighted by Gasteiger charge is -2.13. The van der Waals surface area contributed by atoms with Gasteiger partial charge >= 0.3 is 6.09 Å². The van der Waals surface area contributed by atoms with Crippen molar-refractivity contribution in [1.82, 2.24) is 5.32 Å². The maximum Gasteiger partial charge on any atom is 0.407 e. The molecule has 0 fully saturated rings. The molecule has 25 heavy (non-hydrogen) atoms. The van der Waals surface area contributed by atoms with Crippen LogP contribution in [0, 0.1) is 0 Å². The van der Waals surface area contributed by atoms with Crippen LogP contribution in [0.4, 0.5) is 10.5 Å². The third-order valence-electron chi connectivity index (χ3n) is 3.98. The van der Waals surface area contributed by atoms with E-state index >= 15 is 0 Å². The SMILES string of the molecule is CC(C)OC(=O)NCc1ccc(NCC2Cc3ccccc3O2)cc1. The zero-order chi connectivity index (χ0) is 17.6. The van der Waals surface area contributed by atoms with E-state index in [-0.39, 0.29) is 12.2 Å². The number of rotatable bonds is 6. The second-order valence-electron chi connectivity index (χ2n) is 6.44. The van der Waals surface area contributed by atoms with Crippen molar-refractivity contribution in [1.29, 1.82) is 0 Å². The molecule has 5 nitrogen and oxygen atoms in total. The molecule has 1 heterocycles. The standard InChI is InChI=1S/C20H24N2O3/c1-14(2)24-20(23)22-12-15-7-9-17(10-8-15)21-13-18-11-16-5-3-4-6-19(16)25-18/h3-10,14,18,21H,11-13H2,1-2H3,(H,22,23). The lowest BCUT2D eigenvalue weighted by molar-refractivity contribution is 0.115. The number of carbonyl (C=O) groups excluding carboxylic acids is 1. The summed E-state index contributed by atoms with van der Waals surface area (Å²) in [4.78, 5) is 11.5. The fraction of sp³-hybridized carbons (Fsp3) is 0.350. The Kier molecular flexibility index (Phi) is 5.43. The van der Waals surface area contributed by atoms with E-state index in [4.69, 9.17) is 9.47 Å². The van der Waals surface area contributed by atoms with Crippen molar-refractivity contribution < 1.29 is 14.3 Å². The highest BCUT2D eigenvalue weighted by molar-refractivity contribution is 5.67. The number of fused-ring (bicyclic) bond motifs is 1. The monoisotopic (exact) mass is 340 g/mol. The Hall–Kier alpha value is -2.69. The molecule has 132 valence electrons. The minimum Gasteiger partial charge on any atom is -0.488 e. The first kappa shape index (κ1) is 17.1. The second-order valence-corrected chi connectivity index (χ2v) is 6.44. The zero-order valence-corrected chi connectivity index (χ0v) is 14.6. The van der Waals surface area contributed by atoms with Crippen molar-refractivity contribution in [2.45, 2.75) is 39.0 Å². The normalized spacial score (nSPS) is 15.4. The number of hydrogen-bond acceptors (Lipinski definition) is 4. The predicted octanol–water partition coefficient (Wildman–Crippen LogP) is 3.74. The summed E-state index contributed by atoms with van der Waals surface area (Å²) in [5, 5.41) is 6.14. The van der Waals surface area contributed by atoms with E-state index < -0.39 is 6.09 Å². The predicted molar refractivity (Wildman–Crippen MR) is 98.0 cm³/mol. The number of ether oxygens (including phenoxy) is 2. The van der Waals surface area contributed by atoms with E-state index in [1.54, 1.807) is 0 Å². The molecule has 0 saturated heterocycles. The van der Waals surface area contributed by atoms with Gasteiger partial charge in [0.2, 0.25) is 0 Å². The van der Waals surface area contributed by atoms with Crippen LogP contribution in [-0.4, -0.2) is 24.8 Å². The Bertz CT molecular complexity index is 688. The molecule has 0 bridgehead atoms. The van der Waals surface area contributed by atoms with Crippen LogP contribution in [0.3, 0.4) is 0 Å². The summed E-state index contributed by atoms with van der Waals surface area (Å²) in [5.74, 6) is 0.990. The van der Waals surface area contributed by atoms with E-state index in [0.29, 0.717) is 6.54 Å². The molecule has 1 amide bonds. The van der Waals surface area contributed by atoms with Crippen LogP contribution in [0.25, 0.3) is 0 Å². The van der Waals surface area contributed by atoms with Crippen molar-refractivity contribution in [2.75, 3.05) is 11.9 Å². The van der Waals surface area contributed by atoms with Gasteiger partial charge in [0, 0.05) is 18.7 Å². The molecule has 0 saturated carbocycles. The molecule has 0 spiro atoms. The number of benzene rings is 2. The zero-order valence-electron chi connectivity index (χ0n) is 14.6. The molecule has 0 radical (unpaired) electrons. The Morgan fingerprint density at radius 3 is 2.68 bits per heavy atom. The van der Waals surface area contributed by atoms with E-state index in [2.05, 4.69) is 16.7 Å². The molecule has 1 atom stereocenters. The molecule has 1 unspecified atom stereocenters. The van der Waals surface area contributed by atoms with Crippen LogP contribution in [-0.2, 0) is 17.7 Å². The highest BCUT2D eigenvalue weighted by atomic mass is 16.6. The Morgan fingerprint density at radius 1 is 1.20 bits per heavy atom. The van der Waals surface area contributed by atoms with Gasteiger partial charge < -0.3 is 20.1 Å². The van der Waals surface area contributed by atoms with Gasteiger partial charge in [0.15, 0.2) is 0 Å². The molecular weight excluding hydrogens is 316 g/mol. The molecule has 1 aliphatic heterocycles. The summed E-state index contributed by atoms with van der Waals surface area (Å²) in [7, 11) is 0. The average molecular weight is 340 g/mol. The number of para-hydroxylation sites is 1. The summed E-state index contributed by atoms with van der Waals surface area (Å²) >= 11 is 0. The van der Waals surface area contributed by atoms with Gasteiger partial charge in [-0.05, 0) is 43.2 Å². The van der Waals surface area contributed by atoms with Crippen LogP contribution in [0.15, 0.2) is 48.5 Å². The lowest BCUT2D eigenvalue weighted by Crippen LogP contribution is -2.26. The Morgan fingerprint density at radius 2 is 1.96 bits per heavy atom. The number of carbonyl (C=O) groups is 1. The number of hydrogen-bond donors (Lipinski definition) is 2. The topological polar surface area (TPSA) is 59.6 Å². The summed E-state index contributed by atoms with van der Waals surface area (Å²) < 4.78 is 11.0. The van der Waals surface area contributed by atoms with E-state index in [0.717, 1.165) is 30.0 Å². The number of nitrogens with one attached hydrogen (secondary N) is 2. The summed E-state index contributed by atoms with van der Waals surface area (Å²) in [6, 6.07) is 16.2. The lowest BCUT2D eigenvalue weighted by atomic mass is 10.1. The molecule has 0 aromatic heterocycles. The van der Waals surface area contributed by atoms with E-state index in [9.17, 15) is 4.79 Å². The summed E-state index contributed by atoms with van der Waals surface area (Å²) in [5.41, 5.74) is 3.33. The largest absolute Gasteiger partial charge is 0.488 e. The van der Waals surface area contributed by atoms with Gasteiger partial charge in [-0.25, -0.2) is 4.79 Å². The first-order valence-corrected chi connectivity index (χ1v) is 8.62. The third-order valence-corrected chi connectivity index (χ3v) is 3.98. The maximum absolute atomic E-state index is 11.5. The molecule has 0 aliphatic carbocycles. The van der Waals surface area contributed by atoms with Crippen LogP contribution in [0.2, 0.25) is 0 Å². The Balaban J connectivity index is 1.43. The smallest absolute Gasteiger partial charge is 0.407 e. The van der Waals surface area contributed by atoms with Crippen molar-refractivity contribution >= 4 is 11.8 Å². The van der Waals surface area contributed by atoms with Crippen LogP contribution in [0.1, 0.15) is 25.0 Å². The van der Waals surface area contributed by atoms with Gasteiger partial charge in [0.25, 0.3) is 0 Å². The molecule has 5 heteroatoms. The van der Waals surface area contributed by atoms with Crippen molar-refractivity contribution in [3.8, 4) is 5.75 Å². The van der Waals surface area contributed by atoms with Crippen molar-refractivity contribution in [2.24, 2.45) is 0 Å². The van der Waals surface area contributed by atoms with Crippen molar-refractivity contribution in [3.05, 3.63) is 59.7 Å². The Labute approximate surface area is 148 Å². The minimum atomic E-state index is -0.393. The minimum absolute atomic E-state index is 0.115. The van der Waals surface area contributed by atoms with Gasteiger partial charge in [0.1, 0.15) is 11.9 Å². The van der Waals surface area contributed by atoms with Gasteiger partial charge in [-0.3, -0.25) is 0 Å². The first-order chi connectivity index (χ1) is 12.1. The molecule has 2 aromatic carbocycles. The summed E-state index contributed by atoms with van der Waals surface area (Å²) in [6.45, 7) is 4.86. The summed E-state index contributed by atoms with van der Waals surface area (Å²) in [6.07, 6.45) is 0.582. The van der Waals surface area contributed by atoms with Crippen LogP contribution in [0.5, 0.6) is 5.75 Å². The van der Waals surface area contributed by atoms with Crippen LogP contribution >= 0.6 is 0 Å². The average Bonchev–Trinajstić information content (AvgIpc) is 3.01. The number of alkyl carbamates (subject to hydrolysis) is 1. The fourth-order valence-electron chi connectivity index (χ4n) is 2.77. The fourth-order valence-corrected chi connectivity index (χ4v) is 2.77. The van der Waals surface area contributed by atoms with E-state index in [1.807, 2.05) is 56.3 Å². The van der Waals surface area contributed by atoms with Gasteiger partial charge in [-0.2, -0.15) is 0 Å². The van der Waals surface area contributed by atoms with Gasteiger partial charge in [-0.1, -0.05) is 30.3 Å². The third kappa shape index (κ3) is 4.89. The van der Waals surface area contributed by atoms with Crippen LogP contribution < -0.4 is 15.4 Å². The van der Waals surface area contributed by atoms with E-state index in [1.165, 1.54) is 5.56 Å². The quantitative estimate of drug-likeness (QED) is 0.841. The maximum atomic E-state index is 11.5. The number of amides is 1. The second kappa shape index (κ2) is 7.92.